The Morgan fingerprint density at radius 1 is 1.26 bits per heavy atom. The van der Waals surface area contributed by atoms with E-state index in [1.165, 1.54) is 12.1 Å². The standard InChI is InChI=1S/C17H17NO3S2/c1-17(2,19)12-5-7-14(8-6-12)23(20,21)16-15(11-3-4-11)9-13(10-18)22-16/h5-9,11,19H,3-4H2,1-2H3. The maximum Gasteiger partial charge on any atom is 0.216 e. The van der Waals surface area contributed by atoms with Gasteiger partial charge in [-0.1, -0.05) is 12.1 Å². The fraction of sp³-hybridized carbons (Fsp3) is 0.353. The average molecular weight is 347 g/mol. The van der Waals surface area contributed by atoms with Crippen LogP contribution < -0.4 is 0 Å². The summed E-state index contributed by atoms with van der Waals surface area (Å²) in [6.07, 6.45) is 1.95. The van der Waals surface area contributed by atoms with E-state index in [0.717, 1.165) is 29.7 Å². The van der Waals surface area contributed by atoms with Gasteiger partial charge in [-0.3, -0.25) is 0 Å². The first-order valence-corrected chi connectivity index (χ1v) is 9.65. The first-order valence-electron chi connectivity index (χ1n) is 7.35. The molecule has 1 aliphatic carbocycles. The molecule has 1 aliphatic rings. The SMILES string of the molecule is CC(C)(O)c1ccc(S(=O)(=O)c2sc(C#N)cc2C2CC2)cc1. The summed E-state index contributed by atoms with van der Waals surface area (Å²) in [7, 11) is -3.64. The molecule has 0 unspecified atom stereocenters. The van der Waals surface area contributed by atoms with E-state index in [2.05, 4.69) is 0 Å². The fourth-order valence-corrected chi connectivity index (χ4v) is 5.50. The summed E-state index contributed by atoms with van der Waals surface area (Å²) in [5.41, 5.74) is 0.416. The Bertz CT molecular complexity index is 877. The smallest absolute Gasteiger partial charge is 0.216 e. The lowest BCUT2D eigenvalue weighted by atomic mass is 9.99. The van der Waals surface area contributed by atoms with Crippen LogP contribution in [0.3, 0.4) is 0 Å². The van der Waals surface area contributed by atoms with Crippen molar-refractivity contribution in [1.29, 1.82) is 5.26 Å². The normalized spacial score (nSPS) is 15.4. The van der Waals surface area contributed by atoms with Gasteiger partial charge in [0.05, 0.1) is 10.5 Å². The highest BCUT2D eigenvalue weighted by atomic mass is 32.2. The molecule has 4 nitrogen and oxygen atoms in total. The highest BCUT2D eigenvalue weighted by Crippen LogP contribution is 2.47. The number of aliphatic hydroxyl groups is 1. The number of benzene rings is 1. The van der Waals surface area contributed by atoms with Crippen molar-refractivity contribution in [2.24, 2.45) is 0 Å². The predicted octanol–water partition coefficient (Wildman–Crippen LogP) is 3.56. The van der Waals surface area contributed by atoms with Crippen molar-refractivity contribution < 1.29 is 13.5 Å². The molecule has 0 radical (unpaired) electrons. The Labute approximate surface area is 139 Å². The molecule has 1 heterocycles. The van der Waals surface area contributed by atoms with Crippen molar-refractivity contribution in [2.45, 2.75) is 47.3 Å². The molecule has 120 valence electrons. The van der Waals surface area contributed by atoms with Crippen LogP contribution in [0.1, 0.15) is 48.6 Å². The number of sulfone groups is 1. The van der Waals surface area contributed by atoms with Crippen molar-refractivity contribution in [1.82, 2.24) is 0 Å². The van der Waals surface area contributed by atoms with Gasteiger partial charge in [-0.2, -0.15) is 5.26 Å². The average Bonchev–Trinajstić information content (AvgIpc) is 3.25. The second-order valence-corrected chi connectivity index (χ2v) is 9.52. The van der Waals surface area contributed by atoms with Gasteiger partial charge in [0, 0.05) is 0 Å². The summed E-state index contributed by atoms with van der Waals surface area (Å²) in [6.45, 7) is 3.31. The minimum atomic E-state index is -3.64. The molecule has 1 fully saturated rings. The van der Waals surface area contributed by atoms with E-state index in [4.69, 9.17) is 5.26 Å². The lowest BCUT2D eigenvalue weighted by Crippen LogP contribution is -2.15. The third-order valence-corrected chi connectivity index (χ3v) is 7.34. The zero-order chi connectivity index (χ0) is 16.8. The van der Waals surface area contributed by atoms with E-state index in [-0.39, 0.29) is 15.0 Å². The summed E-state index contributed by atoms with van der Waals surface area (Å²) >= 11 is 1.04. The molecule has 0 amide bonds. The molecule has 0 spiro atoms. The maximum atomic E-state index is 12.9. The quantitative estimate of drug-likeness (QED) is 0.917. The van der Waals surface area contributed by atoms with E-state index in [9.17, 15) is 13.5 Å². The van der Waals surface area contributed by atoms with Gasteiger partial charge in [-0.25, -0.2) is 8.42 Å². The second kappa shape index (κ2) is 5.45. The second-order valence-electron chi connectivity index (χ2n) is 6.33. The Balaban J connectivity index is 2.05. The molecule has 1 aromatic heterocycles. The molecule has 0 bridgehead atoms. The van der Waals surface area contributed by atoms with Crippen molar-refractivity contribution in [3.8, 4) is 6.07 Å². The summed E-state index contributed by atoms with van der Waals surface area (Å²) < 4.78 is 26.1. The summed E-state index contributed by atoms with van der Waals surface area (Å²) in [5, 5.41) is 19.1. The van der Waals surface area contributed by atoms with Crippen molar-refractivity contribution >= 4 is 21.2 Å². The first kappa shape index (κ1) is 16.2. The van der Waals surface area contributed by atoms with Crippen LogP contribution in [0.2, 0.25) is 0 Å². The monoisotopic (exact) mass is 347 g/mol. The number of hydrogen-bond acceptors (Lipinski definition) is 5. The lowest BCUT2D eigenvalue weighted by molar-refractivity contribution is 0.0785. The van der Waals surface area contributed by atoms with Crippen LogP contribution in [-0.2, 0) is 15.4 Å². The highest BCUT2D eigenvalue weighted by molar-refractivity contribution is 7.93. The van der Waals surface area contributed by atoms with Gasteiger partial charge in [-0.05, 0) is 61.9 Å². The Kier molecular flexibility index (Phi) is 3.83. The van der Waals surface area contributed by atoms with Crippen LogP contribution in [0.5, 0.6) is 0 Å². The van der Waals surface area contributed by atoms with Gasteiger partial charge >= 0.3 is 0 Å². The Morgan fingerprint density at radius 3 is 2.35 bits per heavy atom. The summed E-state index contributed by atoms with van der Waals surface area (Å²) in [5.74, 6) is 0.258. The van der Waals surface area contributed by atoms with E-state index < -0.39 is 15.4 Å². The van der Waals surface area contributed by atoms with Gasteiger partial charge in [0.15, 0.2) is 0 Å². The Morgan fingerprint density at radius 2 is 1.87 bits per heavy atom. The molecule has 0 atom stereocenters. The zero-order valence-electron chi connectivity index (χ0n) is 12.9. The summed E-state index contributed by atoms with van der Waals surface area (Å²) in [4.78, 5) is 0.623. The number of nitriles is 1. The number of thiophene rings is 1. The van der Waals surface area contributed by atoms with Crippen molar-refractivity contribution in [2.75, 3.05) is 0 Å². The first-order chi connectivity index (χ1) is 10.7. The van der Waals surface area contributed by atoms with Crippen LogP contribution in [-0.4, -0.2) is 13.5 Å². The third-order valence-electron chi connectivity index (χ3n) is 3.97. The van der Waals surface area contributed by atoms with E-state index in [0.29, 0.717) is 10.4 Å². The zero-order valence-corrected chi connectivity index (χ0v) is 14.5. The molecule has 6 heteroatoms. The maximum absolute atomic E-state index is 12.9. The van der Waals surface area contributed by atoms with Crippen molar-refractivity contribution in [3.05, 3.63) is 46.3 Å². The van der Waals surface area contributed by atoms with Crippen LogP contribution in [0.15, 0.2) is 39.4 Å². The van der Waals surface area contributed by atoms with Crippen molar-refractivity contribution in [3.63, 3.8) is 0 Å². The van der Waals surface area contributed by atoms with Gasteiger partial charge in [0.1, 0.15) is 15.2 Å². The number of rotatable bonds is 4. The van der Waals surface area contributed by atoms with E-state index in [1.54, 1.807) is 32.0 Å². The van der Waals surface area contributed by atoms with Crippen LogP contribution >= 0.6 is 11.3 Å². The van der Waals surface area contributed by atoms with Crippen LogP contribution in [0.25, 0.3) is 0 Å². The molecule has 0 aliphatic heterocycles. The molecule has 2 aromatic rings. The minimum Gasteiger partial charge on any atom is -0.386 e. The van der Waals surface area contributed by atoms with Gasteiger partial charge < -0.3 is 5.11 Å². The number of nitrogens with zero attached hydrogens (tertiary/aromatic N) is 1. The topological polar surface area (TPSA) is 78.2 Å². The molecule has 1 aromatic carbocycles. The van der Waals surface area contributed by atoms with Crippen LogP contribution in [0.4, 0.5) is 0 Å². The summed E-state index contributed by atoms with van der Waals surface area (Å²) in [6, 6.07) is 10.0. The molecular weight excluding hydrogens is 330 g/mol. The predicted molar refractivity (Wildman–Crippen MR) is 88.1 cm³/mol. The molecule has 23 heavy (non-hydrogen) atoms. The third kappa shape index (κ3) is 3.05. The number of hydrogen-bond donors (Lipinski definition) is 1. The van der Waals surface area contributed by atoms with E-state index in [1.807, 2.05) is 6.07 Å². The molecular formula is C17H17NO3S2. The Hall–Kier alpha value is -1.68. The highest BCUT2D eigenvalue weighted by Gasteiger charge is 2.33. The van der Waals surface area contributed by atoms with Gasteiger partial charge in [0.2, 0.25) is 9.84 Å². The van der Waals surface area contributed by atoms with Gasteiger partial charge in [0.25, 0.3) is 0 Å². The largest absolute Gasteiger partial charge is 0.386 e. The van der Waals surface area contributed by atoms with E-state index >= 15 is 0 Å². The molecule has 3 rings (SSSR count). The van der Waals surface area contributed by atoms with Gasteiger partial charge in [-0.15, -0.1) is 11.3 Å². The van der Waals surface area contributed by atoms with Crippen LogP contribution in [0, 0.1) is 11.3 Å². The fourth-order valence-electron chi connectivity index (χ4n) is 2.48. The minimum absolute atomic E-state index is 0.193. The lowest BCUT2D eigenvalue weighted by Gasteiger charge is -2.17. The molecule has 0 saturated heterocycles. The molecule has 1 N–H and O–H groups in total. The molecule has 1 saturated carbocycles.